The van der Waals surface area contributed by atoms with Crippen molar-refractivity contribution in [3.8, 4) is 0 Å². The van der Waals surface area contributed by atoms with E-state index in [1.807, 2.05) is 32.9 Å². The average Bonchev–Trinajstić information content (AvgIpc) is 2.72. The van der Waals surface area contributed by atoms with Crippen molar-refractivity contribution in [3.63, 3.8) is 0 Å². The molecule has 0 unspecified atom stereocenters. The number of fused-ring (bicyclic) bond motifs is 1. The van der Waals surface area contributed by atoms with E-state index in [9.17, 15) is 30.0 Å². The van der Waals surface area contributed by atoms with Crippen LogP contribution in [0.25, 0.3) is 0 Å². The number of esters is 1. The van der Waals surface area contributed by atoms with E-state index in [0.29, 0.717) is 25.7 Å². The van der Waals surface area contributed by atoms with E-state index < -0.39 is 42.2 Å². The maximum atomic E-state index is 13.1. The molecule has 0 radical (unpaired) electrons. The number of rotatable bonds is 12. The van der Waals surface area contributed by atoms with Crippen LogP contribution in [0.3, 0.4) is 0 Å². The maximum Gasteiger partial charge on any atom is 1.00 e. The standard InChI is InChI=1S/C26H42O7.Na/c1-5-11-26(4,6-2)25(32)33-22-14-19(28)12-17-8-7-16(3)21(24(17)22)10-9-18(27)13-20(29)15-23(30)31;/h7-8,12,16,18-22,24,27-29H,5-6,9-11,13-15H2,1-4H3,(H,30,31);/q;+1/p-1/t16-,18+,19+,20+,21-,22-,24-,26-;/m0./s1. The van der Waals surface area contributed by atoms with Crippen LogP contribution < -0.4 is 34.7 Å². The third-order valence-electron chi connectivity index (χ3n) is 7.49. The summed E-state index contributed by atoms with van der Waals surface area (Å²) in [6, 6.07) is 0. The number of aliphatic carboxylic acids is 1. The van der Waals surface area contributed by atoms with Gasteiger partial charge in [-0.1, -0.05) is 45.4 Å². The maximum absolute atomic E-state index is 13.1. The van der Waals surface area contributed by atoms with Crippen molar-refractivity contribution in [3.05, 3.63) is 23.8 Å². The molecule has 0 aromatic heterocycles. The minimum Gasteiger partial charge on any atom is -0.550 e. The number of aliphatic hydroxyl groups excluding tert-OH is 3. The molecule has 7 nitrogen and oxygen atoms in total. The molecular formula is C26H41NaO7. The zero-order valence-electron chi connectivity index (χ0n) is 21.4. The molecule has 0 fully saturated rings. The van der Waals surface area contributed by atoms with Gasteiger partial charge >= 0.3 is 35.5 Å². The SMILES string of the molecule is CCC[C@](C)(CC)C(=O)O[C@H]1C[C@H](O)C=C2C=C[C@H](C)[C@H](CC[C@@H](O)C[C@@H](O)CC(=O)[O-])[C@H]21.[Na+]. The van der Waals surface area contributed by atoms with Gasteiger partial charge in [-0.2, -0.15) is 0 Å². The van der Waals surface area contributed by atoms with Gasteiger partial charge in [-0.05, 0) is 56.4 Å². The van der Waals surface area contributed by atoms with Gasteiger partial charge in [0.15, 0.2) is 0 Å². The third-order valence-corrected chi connectivity index (χ3v) is 7.49. The summed E-state index contributed by atoms with van der Waals surface area (Å²) in [5, 5.41) is 41.2. The Balaban J connectivity index is 0.00000578. The van der Waals surface area contributed by atoms with E-state index in [0.717, 1.165) is 18.4 Å². The molecule has 0 bridgehead atoms. The summed E-state index contributed by atoms with van der Waals surface area (Å²) in [6.45, 7) is 8.06. The molecule has 2 rings (SSSR count). The van der Waals surface area contributed by atoms with Gasteiger partial charge in [-0.25, -0.2) is 0 Å². The molecule has 0 heterocycles. The van der Waals surface area contributed by atoms with Gasteiger partial charge in [0.1, 0.15) is 6.10 Å². The van der Waals surface area contributed by atoms with Crippen LogP contribution in [-0.4, -0.2) is 51.7 Å². The summed E-state index contributed by atoms with van der Waals surface area (Å²) in [5.74, 6) is -1.39. The van der Waals surface area contributed by atoms with Crippen LogP contribution in [0.4, 0.5) is 0 Å². The van der Waals surface area contributed by atoms with Crippen LogP contribution in [0.1, 0.15) is 79.1 Å². The van der Waals surface area contributed by atoms with Gasteiger partial charge in [0.05, 0.1) is 23.7 Å². The number of hydrogen-bond acceptors (Lipinski definition) is 7. The van der Waals surface area contributed by atoms with Crippen molar-refractivity contribution in [1.82, 2.24) is 0 Å². The minimum atomic E-state index is -1.34. The molecule has 34 heavy (non-hydrogen) atoms. The number of carbonyl (C=O) groups excluding carboxylic acids is 2. The summed E-state index contributed by atoms with van der Waals surface area (Å²) in [4.78, 5) is 23.8. The first-order valence-corrected chi connectivity index (χ1v) is 12.4. The van der Waals surface area contributed by atoms with Gasteiger partial charge < -0.3 is 30.0 Å². The van der Waals surface area contributed by atoms with Gasteiger partial charge in [0, 0.05) is 24.7 Å². The van der Waals surface area contributed by atoms with Crippen molar-refractivity contribution in [2.75, 3.05) is 0 Å². The number of carboxylic acids is 1. The summed E-state index contributed by atoms with van der Waals surface area (Å²) in [6.07, 6.45) is 5.92. The number of aliphatic hydroxyl groups is 3. The Hall–Kier alpha value is -0.700. The van der Waals surface area contributed by atoms with Crippen LogP contribution in [0.15, 0.2) is 23.8 Å². The number of hydrogen-bond donors (Lipinski definition) is 3. The van der Waals surface area contributed by atoms with Gasteiger partial charge in [-0.15, -0.1) is 0 Å². The Kier molecular flexibility index (Phi) is 13.0. The first-order valence-electron chi connectivity index (χ1n) is 12.4. The molecule has 0 amide bonds. The van der Waals surface area contributed by atoms with Crippen LogP contribution in [0, 0.1) is 23.2 Å². The van der Waals surface area contributed by atoms with Gasteiger partial charge in [0.25, 0.3) is 0 Å². The van der Waals surface area contributed by atoms with Crippen molar-refractivity contribution in [1.29, 1.82) is 0 Å². The number of carbonyl (C=O) groups is 2. The quantitative estimate of drug-likeness (QED) is 0.244. The van der Waals surface area contributed by atoms with E-state index in [1.54, 1.807) is 0 Å². The van der Waals surface area contributed by atoms with E-state index in [1.165, 1.54) is 0 Å². The predicted molar refractivity (Wildman–Crippen MR) is 123 cm³/mol. The van der Waals surface area contributed by atoms with E-state index >= 15 is 0 Å². The van der Waals surface area contributed by atoms with Crippen molar-refractivity contribution in [2.24, 2.45) is 23.2 Å². The summed E-state index contributed by atoms with van der Waals surface area (Å²) in [7, 11) is 0. The molecule has 0 aromatic rings. The first kappa shape index (κ1) is 31.3. The zero-order chi connectivity index (χ0) is 24.8. The molecule has 188 valence electrons. The second-order valence-electron chi connectivity index (χ2n) is 10.2. The number of allylic oxidation sites excluding steroid dienone is 2. The largest absolute Gasteiger partial charge is 1.00 e. The summed E-state index contributed by atoms with van der Waals surface area (Å²) in [5.41, 5.74) is 0.396. The topological polar surface area (TPSA) is 127 Å². The Morgan fingerprint density at radius 1 is 1.26 bits per heavy atom. The molecule has 2 aliphatic rings. The minimum absolute atomic E-state index is 0. The average molecular weight is 489 g/mol. The normalized spacial score (nSPS) is 29.6. The fourth-order valence-corrected chi connectivity index (χ4v) is 5.33. The molecule has 0 saturated heterocycles. The third kappa shape index (κ3) is 8.45. The number of carboxylic acid groups (broad SMARTS) is 1. The molecule has 0 saturated carbocycles. The Bertz CT molecular complexity index is 737. The van der Waals surface area contributed by atoms with Crippen LogP contribution in [0.2, 0.25) is 0 Å². The molecule has 3 N–H and O–H groups in total. The summed E-state index contributed by atoms with van der Waals surface area (Å²) < 4.78 is 6.09. The predicted octanol–water partition coefficient (Wildman–Crippen LogP) is -0.720. The van der Waals surface area contributed by atoms with Gasteiger partial charge in [-0.3, -0.25) is 4.79 Å². The molecule has 8 atom stereocenters. The van der Waals surface area contributed by atoms with E-state index in [4.69, 9.17) is 4.74 Å². The fraction of sp³-hybridized carbons (Fsp3) is 0.769. The molecule has 0 spiro atoms. The van der Waals surface area contributed by atoms with Crippen molar-refractivity contribution in [2.45, 2.75) is 103 Å². The molecule has 0 aromatic carbocycles. The zero-order valence-corrected chi connectivity index (χ0v) is 23.4. The monoisotopic (exact) mass is 488 g/mol. The van der Waals surface area contributed by atoms with Crippen LogP contribution >= 0.6 is 0 Å². The second kappa shape index (κ2) is 14.1. The summed E-state index contributed by atoms with van der Waals surface area (Å²) >= 11 is 0. The van der Waals surface area contributed by atoms with E-state index in [2.05, 4.69) is 13.0 Å². The Morgan fingerprint density at radius 3 is 2.53 bits per heavy atom. The molecule has 2 aliphatic carbocycles. The second-order valence-corrected chi connectivity index (χ2v) is 10.2. The number of ether oxygens (including phenoxy) is 1. The Labute approximate surface area is 225 Å². The molecule has 0 aliphatic heterocycles. The van der Waals surface area contributed by atoms with Crippen LogP contribution in [-0.2, 0) is 14.3 Å². The Morgan fingerprint density at radius 2 is 1.94 bits per heavy atom. The van der Waals surface area contributed by atoms with Crippen molar-refractivity contribution < 1.29 is 64.3 Å². The fourth-order valence-electron chi connectivity index (χ4n) is 5.33. The van der Waals surface area contributed by atoms with Gasteiger partial charge in [0.2, 0.25) is 0 Å². The molecule has 8 heteroatoms. The smallest absolute Gasteiger partial charge is 0.550 e. The molecular weight excluding hydrogens is 447 g/mol. The van der Waals surface area contributed by atoms with Crippen LogP contribution in [0.5, 0.6) is 0 Å². The van der Waals surface area contributed by atoms with Crippen molar-refractivity contribution >= 4 is 11.9 Å². The van der Waals surface area contributed by atoms with E-state index in [-0.39, 0.29) is 59.7 Å². The first-order chi connectivity index (χ1) is 15.5.